The van der Waals surface area contributed by atoms with E-state index in [1.165, 1.54) is 57.8 Å². The van der Waals surface area contributed by atoms with Gasteiger partial charge in [-0.25, -0.2) is 0 Å². The van der Waals surface area contributed by atoms with Crippen molar-refractivity contribution in [3.05, 3.63) is 170 Å². The van der Waals surface area contributed by atoms with Crippen molar-refractivity contribution >= 4 is 17.9 Å². The van der Waals surface area contributed by atoms with Gasteiger partial charge in [-0.3, -0.25) is 14.4 Å². The lowest BCUT2D eigenvalue weighted by Crippen LogP contribution is -2.30. The second-order valence-electron chi connectivity index (χ2n) is 21.3. The maximum absolute atomic E-state index is 12.9. The highest BCUT2D eigenvalue weighted by molar-refractivity contribution is 5.71. The van der Waals surface area contributed by atoms with Crippen molar-refractivity contribution in [1.82, 2.24) is 0 Å². The van der Waals surface area contributed by atoms with Crippen LogP contribution < -0.4 is 0 Å². The van der Waals surface area contributed by atoms with Crippen molar-refractivity contribution in [3.8, 4) is 0 Å². The third-order valence-electron chi connectivity index (χ3n) is 13.4. The van der Waals surface area contributed by atoms with Gasteiger partial charge in [-0.1, -0.05) is 268 Å². The topological polar surface area (TPSA) is 78.9 Å². The summed E-state index contributed by atoms with van der Waals surface area (Å²) in [5, 5.41) is 0. The highest BCUT2D eigenvalue weighted by atomic mass is 16.6. The molecule has 0 spiro atoms. The minimum atomic E-state index is -0.814. The van der Waals surface area contributed by atoms with Gasteiger partial charge in [0.25, 0.3) is 0 Å². The van der Waals surface area contributed by atoms with Gasteiger partial charge in [-0.15, -0.1) is 0 Å². The highest BCUT2D eigenvalue weighted by Gasteiger charge is 2.19. The lowest BCUT2D eigenvalue weighted by atomic mass is 10.1. The zero-order chi connectivity index (χ0) is 59.2. The zero-order valence-corrected chi connectivity index (χ0v) is 52.7. The number of allylic oxidation sites excluding steroid dienone is 28. The Balaban J connectivity index is 4.45. The van der Waals surface area contributed by atoms with E-state index in [0.717, 1.165) is 173 Å². The molecule has 0 saturated carbocycles. The van der Waals surface area contributed by atoms with Crippen molar-refractivity contribution in [2.45, 2.75) is 277 Å². The first-order valence-electron chi connectivity index (χ1n) is 33.1. The molecule has 0 aliphatic heterocycles. The van der Waals surface area contributed by atoms with E-state index < -0.39 is 6.10 Å². The number of hydrogen-bond donors (Lipinski definition) is 0. The fourth-order valence-electron chi connectivity index (χ4n) is 8.54. The first kappa shape index (κ1) is 76.8. The van der Waals surface area contributed by atoms with Gasteiger partial charge in [-0.05, 0) is 154 Å². The Morgan fingerprint density at radius 3 is 0.756 bits per heavy atom. The predicted octanol–water partition coefficient (Wildman–Crippen LogP) is 23.0. The number of carbonyl (C=O) groups is 3. The number of ether oxygens (including phenoxy) is 3. The Morgan fingerprint density at radius 1 is 0.256 bits per heavy atom. The summed E-state index contributed by atoms with van der Waals surface area (Å²) in [5.74, 6) is -0.968. The smallest absolute Gasteiger partial charge is 0.306 e. The minimum absolute atomic E-state index is 0.108. The molecule has 0 fully saturated rings. The molecule has 0 aliphatic carbocycles. The Hall–Kier alpha value is -5.23. The van der Waals surface area contributed by atoms with Crippen LogP contribution in [0.4, 0.5) is 0 Å². The van der Waals surface area contributed by atoms with Crippen molar-refractivity contribution in [3.63, 3.8) is 0 Å². The van der Waals surface area contributed by atoms with Crippen LogP contribution in [0.15, 0.2) is 170 Å². The maximum atomic E-state index is 12.9. The summed E-state index contributed by atoms with van der Waals surface area (Å²) < 4.78 is 16.9. The summed E-state index contributed by atoms with van der Waals surface area (Å²) in [6.45, 7) is 6.35. The molecule has 6 nitrogen and oxygen atoms in total. The fraction of sp³-hybridized carbons (Fsp3) is 0.592. The molecule has 0 rings (SSSR count). The lowest BCUT2D eigenvalue weighted by Gasteiger charge is -2.18. The van der Waals surface area contributed by atoms with Gasteiger partial charge < -0.3 is 14.2 Å². The SMILES string of the molecule is CC/C=C\C/C=C\C/C=C\C/C=C\C/C=C\C/C=C\C/C=C\C/C=C\C/C=C\CCCCCC(=O)OCC(COC(=O)CCCCCCC/C=C\C/C=C\C/C=C\CC)OC(=O)CCCCCCCCC/C=C\C/C=C\CCCCCC. The summed E-state index contributed by atoms with van der Waals surface area (Å²) in [4.78, 5) is 38.4. The number of hydrogen-bond acceptors (Lipinski definition) is 6. The molecule has 0 radical (unpaired) electrons. The Labute approximate surface area is 504 Å². The van der Waals surface area contributed by atoms with Crippen LogP contribution >= 0.6 is 0 Å². The molecule has 0 aliphatic rings. The first-order chi connectivity index (χ1) is 40.5. The van der Waals surface area contributed by atoms with Crippen molar-refractivity contribution in [2.75, 3.05) is 13.2 Å². The summed E-state index contributed by atoms with van der Waals surface area (Å²) >= 11 is 0. The first-order valence-corrected chi connectivity index (χ1v) is 33.1. The molecule has 0 heterocycles. The molecule has 0 aromatic heterocycles. The van der Waals surface area contributed by atoms with Crippen LogP contribution in [0.1, 0.15) is 271 Å². The third-order valence-corrected chi connectivity index (χ3v) is 13.4. The van der Waals surface area contributed by atoms with Crippen LogP contribution in [0.25, 0.3) is 0 Å². The molecule has 0 aromatic carbocycles. The zero-order valence-electron chi connectivity index (χ0n) is 52.7. The van der Waals surface area contributed by atoms with Crippen LogP contribution in [0, 0.1) is 0 Å². The molecule has 0 bridgehead atoms. The average Bonchev–Trinajstić information content (AvgIpc) is 3.47. The number of esters is 3. The van der Waals surface area contributed by atoms with Crippen LogP contribution in [-0.2, 0) is 28.6 Å². The van der Waals surface area contributed by atoms with Gasteiger partial charge in [0, 0.05) is 19.3 Å². The van der Waals surface area contributed by atoms with Gasteiger partial charge in [0.05, 0.1) is 0 Å². The summed E-state index contributed by atoms with van der Waals surface area (Å²) in [6, 6.07) is 0. The maximum Gasteiger partial charge on any atom is 0.306 e. The number of carbonyl (C=O) groups excluding carboxylic acids is 3. The molecule has 1 unspecified atom stereocenters. The average molecular weight is 1130 g/mol. The van der Waals surface area contributed by atoms with Crippen molar-refractivity contribution in [1.29, 1.82) is 0 Å². The van der Waals surface area contributed by atoms with E-state index in [-0.39, 0.29) is 31.1 Å². The van der Waals surface area contributed by atoms with E-state index in [1.54, 1.807) is 0 Å². The van der Waals surface area contributed by atoms with Crippen LogP contribution in [0.2, 0.25) is 0 Å². The van der Waals surface area contributed by atoms with E-state index in [9.17, 15) is 14.4 Å². The van der Waals surface area contributed by atoms with E-state index >= 15 is 0 Å². The summed E-state index contributed by atoms with van der Waals surface area (Å²) in [6.07, 6.45) is 101. The number of unbranched alkanes of at least 4 members (excludes halogenated alkanes) is 19. The van der Waals surface area contributed by atoms with Gasteiger partial charge >= 0.3 is 17.9 Å². The largest absolute Gasteiger partial charge is 0.462 e. The van der Waals surface area contributed by atoms with Gasteiger partial charge in [0.1, 0.15) is 13.2 Å². The summed E-state index contributed by atoms with van der Waals surface area (Å²) in [7, 11) is 0. The summed E-state index contributed by atoms with van der Waals surface area (Å²) in [5.41, 5.74) is 0. The van der Waals surface area contributed by atoms with Crippen LogP contribution in [0.3, 0.4) is 0 Å². The molecule has 0 N–H and O–H groups in total. The lowest BCUT2D eigenvalue weighted by molar-refractivity contribution is -0.167. The van der Waals surface area contributed by atoms with Crippen molar-refractivity contribution < 1.29 is 28.6 Å². The Kier molecular flexibility index (Phi) is 63.9. The Bertz CT molecular complexity index is 1870. The molecule has 0 amide bonds. The van der Waals surface area contributed by atoms with Gasteiger partial charge in [0.2, 0.25) is 0 Å². The predicted molar refractivity (Wildman–Crippen MR) is 357 cm³/mol. The second kappa shape index (κ2) is 68.3. The quantitative estimate of drug-likeness (QED) is 0.0261. The molecular weight excluding hydrogens is 1010 g/mol. The molecule has 0 aromatic rings. The van der Waals surface area contributed by atoms with Gasteiger partial charge in [-0.2, -0.15) is 0 Å². The van der Waals surface area contributed by atoms with E-state index in [1.807, 2.05) is 0 Å². The van der Waals surface area contributed by atoms with E-state index in [0.29, 0.717) is 19.3 Å². The van der Waals surface area contributed by atoms with Crippen LogP contribution in [-0.4, -0.2) is 37.2 Å². The normalized spacial score (nSPS) is 13.3. The molecule has 1 atom stereocenters. The Morgan fingerprint density at radius 2 is 0.476 bits per heavy atom. The molecule has 460 valence electrons. The second-order valence-corrected chi connectivity index (χ2v) is 21.3. The highest BCUT2D eigenvalue weighted by Crippen LogP contribution is 2.14. The monoisotopic (exact) mass is 1130 g/mol. The third kappa shape index (κ3) is 65.6. The number of rotatable bonds is 58. The molecular formula is C76H120O6. The molecule has 6 heteroatoms. The fourth-order valence-corrected chi connectivity index (χ4v) is 8.54. The van der Waals surface area contributed by atoms with Crippen molar-refractivity contribution in [2.24, 2.45) is 0 Å². The molecule has 82 heavy (non-hydrogen) atoms. The standard InChI is InChI=1S/C76H120O6/c1-4-7-10-13-16-19-22-25-28-30-32-33-34-35-36-37-38-39-40-41-42-43-44-46-48-51-54-57-60-63-66-69-75(78)81-72-73(71-80-74(77)68-65-62-59-56-53-50-47-27-24-21-18-15-12-9-6-3)82-76(79)70-67-64-61-58-55-52-49-45-31-29-26-23-20-17-14-11-8-5-2/h7,9-10,12,16,18-21,23,25,27-29,31-33,35-36,38-39,41-42,44,46-47,51,54,73H,4-6,8,11,13-15,17,22,24,26,30,34,37,40,43,45,48-50,52-53,55-72H2,1-3H3/b10-7-,12-9-,19-16-,21-18-,23-20-,28-25-,31-29-,33-32-,36-35-,39-38-,42-41-,46-44-,47-27-,54-51-. The van der Waals surface area contributed by atoms with E-state index in [2.05, 4.69) is 191 Å². The van der Waals surface area contributed by atoms with E-state index in [4.69, 9.17) is 14.2 Å². The van der Waals surface area contributed by atoms with Crippen LogP contribution in [0.5, 0.6) is 0 Å². The molecule has 0 saturated heterocycles. The van der Waals surface area contributed by atoms with Gasteiger partial charge in [0.15, 0.2) is 6.10 Å². The minimum Gasteiger partial charge on any atom is -0.462 e.